The monoisotopic (exact) mass is 339 g/mol. The fourth-order valence-electron chi connectivity index (χ4n) is 2.77. The van der Waals surface area contributed by atoms with Crippen LogP contribution in [0.2, 0.25) is 0 Å². The Balaban J connectivity index is 2.02. The number of aryl methyl sites for hydroxylation is 2. The van der Waals surface area contributed by atoms with Crippen LogP contribution in [0.25, 0.3) is 0 Å². The van der Waals surface area contributed by atoms with Gasteiger partial charge in [-0.3, -0.25) is 4.79 Å². The Morgan fingerprint density at radius 2 is 2.04 bits per heavy atom. The quantitative estimate of drug-likeness (QED) is 0.600. The summed E-state index contributed by atoms with van der Waals surface area (Å²) in [5.41, 5.74) is 4.86. The first kappa shape index (κ1) is 19.0. The molecule has 0 amide bonds. The van der Waals surface area contributed by atoms with Crippen molar-refractivity contribution in [2.45, 2.75) is 46.1 Å². The van der Waals surface area contributed by atoms with Gasteiger partial charge in [-0.25, -0.2) is 0 Å². The van der Waals surface area contributed by atoms with Crippen LogP contribution in [0.15, 0.2) is 42.2 Å². The molecule has 0 unspecified atom stereocenters. The lowest BCUT2D eigenvalue weighted by Crippen LogP contribution is -2.23. The first-order chi connectivity index (χ1) is 12.0. The molecule has 0 saturated heterocycles. The van der Waals surface area contributed by atoms with Crippen LogP contribution < -0.4 is 10.6 Å². The third-order valence-electron chi connectivity index (χ3n) is 4.84. The second kappa shape index (κ2) is 9.21. The van der Waals surface area contributed by atoms with Gasteiger partial charge in [0.2, 0.25) is 0 Å². The third kappa shape index (κ3) is 5.59. The smallest absolute Gasteiger partial charge is 0.140 e. The number of carbonyl (C=O) groups excluding carboxylic acids is 1. The van der Waals surface area contributed by atoms with E-state index in [1.807, 2.05) is 6.20 Å². The summed E-state index contributed by atoms with van der Waals surface area (Å²) in [6, 6.07) is 6.39. The molecule has 1 aliphatic rings. The Labute approximate surface area is 150 Å². The van der Waals surface area contributed by atoms with Gasteiger partial charge >= 0.3 is 0 Å². The van der Waals surface area contributed by atoms with Crippen LogP contribution in [0.1, 0.15) is 42.4 Å². The van der Waals surface area contributed by atoms with Gasteiger partial charge in [0.25, 0.3) is 0 Å². The van der Waals surface area contributed by atoms with Crippen molar-refractivity contribution in [3.8, 4) is 0 Å². The lowest BCUT2D eigenvalue weighted by molar-refractivity contribution is -0.124. The molecule has 0 spiro atoms. The Kier molecular flexibility index (Phi) is 6.99. The predicted octanol–water partition coefficient (Wildman–Crippen LogP) is 3.79. The number of carbonyl (C=O) groups is 1. The summed E-state index contributed by atoms with van der Waals surface area (Å²) >= 11 is 0. The van der Waals surface area contributed by atoms with Gasteiger partial charge < -0.3 is 16.0 Å². The maximum Gasteiger partial charge on any atom is 0.140 e. The number of hydrogen-bond acceptors (Lipinski definition) is 4. The van der Waals surface area contributed by atoms with Crippen molar-refractivity contribution >= 4 is 11.5 Å². The lowest BCUT2D eigenvalue weighted by atomic mass is 9.80. The molecule has 1 fully saturated rings. The summed E-state index contributed by atoms with van der Waals surface area (Å²) in [4.78, 5) is 12.3. The van der Waals surface area contributed by atoms with Gasteiger partial charge in [-0.2, -0.15) is 0 Å². The number of nitrogens with one attached hydrogen (secondary N) is 3. The summed E-state index contributed by atoms with van der Waals surface area (Å²) in [6.07, 6.45) is 8.72. The summed E-state index contributed by atoms with van der Waals surface area (Å²) in [5, 5.41) is 14.4. The molecular weight excluding hydrogens is 310 g/mol. The second-order valence-electron chi connectivity index (χ2n) is 6.78. The molecule has 1 aromatic carbocycles. The zero-order chi connectivity index (χ0) is 18.2. The Bertz CT molecular complexity index is 684. The first-order valence-electron chi connectivity index (χ1n) is 8.95. The molecule has 134 valence electrons. The van der Waals surface area contributed by atoms with E-state index in [0.29, 0.717) is 18.7 Å². The van der Waals surface area contributed by atoms with Crippen LogP contribution in [0.4, 0.5) is 0 Å². The Morgan fingerprint density at radius 3 is 2.64 bits per heavy atom. The Morgan fingerprint density at radius 1 is 1.28 bits per heavy atom. The van der Waals surface area contributed by atoms with Gasteiger partial charge in [0.15, 0.2) is 0 Å². The van der Waals surface area contributed by atoms with E-state index in [4.69, 9.17) is 5.41 Å². The summed E-state index contributed by atoms with van der Waals surface area (Å²) < 4.78 is 0. The maximum absolute atomic E-state index is 12.3. The molecule has 2 rings (SSSR count). The number of ketones is 1. The SMILES string of the molecule is CN/C=C\C(=N)/C(=C\NCc1ccc(C)c(C)c1)CC(=O)C1CCC1. The molecule has 0 radical (unpaired) electrons. The van der Waals surface area contributed by atoms with E-state index in [0.717, 1.165) is 24.8 Å². The fraction of sp³-hybridized carbons (Fsp3) is 0.429. The summed E-state index contributed by atoms with van der Waals surface area (Å²) in [6.45, 7) is 4.90. The van der Waals surface area contributed by atoms with Crippen molar-refractivity contribution < 1.29 is 4.79 Å². The van der Waals surface area contributed by atoms with E-state index in [-0.39, 0.29) is 11.7 Å². The zero-order valence-electron chi connectivity index (χ0n) is 15.5. The van der Waals surface area contributed by atoms with Crippen molar-refractivity contribution in [1.82, 2.24) is 10.6 Å². The number of allylic oxidation sites excluding steroid dienone is 2. The van der Waals surface area contributed by atoms with Gasteiger partial charge in [-0.1, -0.05) is 24.6 Å². The second-order valence-corrected chi connectivity index (χ2v) is 6.78. The van der Waals surface area contributed by atoms with Gasteiger partial charge in [0.05, 0.1) is 5.71 Å². The molecule has 1 aliphatic carbocycles. The van der Waals surface area contributed by atoms with Crippen LogP contribution in [0, 0.1) is 25.2 Å². The van der Waals surface area contributed by atoms with Crippen molar-refractivity contribution in [2.24, 2.45) is 5.92 Å². The normalized spacial score (nSPS) is 15.1. The van der Waals surface area contributed by atoms with Crippen molar-refractivity contribution in [2.75, 3.05) is 7.05 Å². The zero-order valence-corrected chi connectivity index (χ0v) is 15.5. The average molecular weight is 339 g/mol. The summed E-state index contributed by atoms with van der Waals surface area (Å²) in [7, 11) is 1.80. The topological polar surface area (TPSA) is 65.0 Å². The van der Waals surface area contributed by atoms with Gasteiger partial charge in [-0.15, -0.1) is 0 Å². The van der Waals surface area contributed by atoms with Gasteiger partial charge in [0.1, 0.15) is 5.78 Å². The molecule has 4 nitrogen and oxygen atoms in total. The highest BCUT2D eigenvalue weighted by Gasteiger charge is 2.25. The van der Waals surface area contributed by atoms with E-state index < -0.39 is 0 Å². The van der Waals surface area contributed by atoms with Crippen LogP contribution >= 0.6 is 0 Å². The van der Waals surface area contributed by atoms with Crippen LogP contribution in [0.5, 0.6) is 0 Å². The van der Waals surface area contributed by atoms with Crippen LogP contribution in [-0.4, -0.2) is 18.5 Å². The van der Waals surface area contributed by atoms with Gasteiger partial charge in [0, 0.05) is 37.7 Å². The molecule has 0 atom stereocenters. The maximum atomic E-state index is 12.3. The lowest BCUT2D eigenvalue weighted by Gasteiger charge is -2.24. The molecule has 0 bridgehead atoms. The molecule has 4 heteroatoms. The molecule has 0 aromatic heterocycles. The third-order valence-corrected chi connectivity index (χ3v) is 4.84. The molecule has 1 saturated carbocycles. The largest absolute Gasteiger partial charge is 0.394 e. The van der Waals surface area contributed by atoms with Crippen molar-refractivity contribution in [1.29, 1.82) is 5.41 Å². The highest BCUT2D eigenvalue weighted by atomic mass is 16.1. The summed E-state index contributed by atoms with van der Waals surface area (Å²) in [5.74, 6) is 0.456. The van der Waals surface area contributed by atoms with E-state index in [1.165, 1.54) is 16.7 Å². The minimum atomic E-state index is 0.198. The highest BCUT2D eigenvalue weighted by molar-refractivity contribution is 6.09. The van der Waals surface area contributed by atoms with E-state index in [2.05, 4.69) is 42.7 Å². The number of hydrogen-bond donors (Lipinski definition) is 3. The average Bonchev–Trinajstić information content (AvgIpc) is 2.53. The number of benzene rings is 1. The number of rotatable bonds is 9. The van der Waals surface area contributed by atoms with Crippen LogP contribution in [0.3, 0.4) is 0 Å². The molecule has 3 N–H and O–H groups in total. The molecular formula is C21H29N3O. The molecule has 0 heterocycles. The molecule has 0 aliphatic heterocycles. The van der Waals surface area contributed by atoms with E-state index in [9.17, 15) is 4.79 Å². The molecule has 1 aromatic rings. The standard InChI is InChI=1S/C21H29N3O/c1-15-7-8-17(11-16(15)2)13-24-14-19(20(22)9-10-23-3)12-21(25)18-5-4-6-18/h7-11,14,18,22-24H,4-6,12-13H2,1-3H3/b10-9-,19-14-,22-20?. The van der Waals surface area contributed by atoms with Crippen molar-refractivity contribution in [3.05, 3.63) is 58.9 Å². The highest BCUT2D eigenvalue weighted by Crippen LogP contribution is 2.29. The minimum absolute atomic E-state index is 0.198. The van der Waals surface area contributed by atoms with Crippen molar-refractivity contribution in [3.63, 3.8) is 0 Å². The number of Topliss-reactive ketones (excluding diaryl/α,β-unsaturated/α-hetero) is 1. The fourth-order valence-corrected chi connectivity index (χ4v) is 2.77. The van der Waals surface area contributed by atoms with Crippen LogP contribution in [-0.2, 0) is 11.3 Å². The predicted molar refractivity (Wildman–Crippen MR) is 104 cm³/mol. The van der Waals surface area contributed by atoms with E-state index in [1.54, 1.807) is 19.3 Å². The minimum Gasteiger partial charge on any atom is -0.394 e. The van der Waals surface area contributed by atoms with E-state index >= 15 is 0 Å². The van der Waals surface area contributed by atoms with Gasteiger partial charge in [-0.05, 0) is 55.7 Å². The molecule has 25 heavy (non-hydrogen) atoms. The Hall–Kier alpha value is -2.36. The first-order valence-corrected chi connectivity index (χ1v) is 8.95.